The molecule has 2 heterocycles. The topological polar surface area (TPSA) is 63.1 Å². The molecule has 1 aromatic carbocycles. The van der Waals surface area contributed by atoms with Gasteiger partial charge in [0.05, 0.1) is 11.0 Å². The molecule has 1 aliphatic carbocycles. The number of imidazole rings is 1. The van der Waals surface area contributed by atoms with E-state index in [1.54, 1.807) is 6.20 Å². The van der Waals surface area contributed by atoms with Crippen molar-refractivity contribution in [3.05, 3.63) is 42.7 Å². The average Bonchev–Trinajstić information content (AvgIpc) is 3.17. The molecule has 158 valence electrons. The summed E-state index contributed by atoms with van der Waals surface area (Å²) in [6, 6.07) is 10.2. The molecule has 0 radical (unpaired) electrons. The van der Waals surface area contributed by atoms with Crippen LogP contribution in [-0.4, -0.2) is 40.6 Å². The summed E-state index contributed by atoms with van der Waals surface area (Å²) in [5.41, 5.74) is 3.89. The predicted molar refractivity (Wildman–Crippen MR) is 121 cm³/mol. The number of rotatable bonds is 7. The molecule has 1 aliphatic rings. The van der Waals surface area contributed by atoms with Crippen molar-refractivity contribution < 1.29 is 4.79 Å². The van der Waals surface area contributed by atoms with Crippen molar-refractivity contribution in [1.82, 2.24) is 19.9 Å². The Morgan fingerprint density at radius 2 is 2.07 bits per heavy atom. The molecular formula is C24H31N5O. The fourth-order valence-corrected chi connectivity index (χ4v) is 4.39. The van der Waals surface area contributed by atoms with Gasteiger partial charge in [0, 0.05) is 49.7 Å². The standard InChI is InChI=1S/C24H31N5O/c1-3-25-14-15-29-22-12-11-20(28(2)24(30)18-8-5-4-6-9-18)16-21(22)27-23(29)19-10-7-13-26-17-19/h7,10-13,16-18,25H,3-6,8-9,14-15H2,1-2H3. The zero-order valence-electron chi connectivity index (χ0n) is 18.0. The lowest BCUT2D eigenvalue weighted by molar-refractivity contribution is -0.123. The van der Waals surface area contributed by atoms with Crippen LogP contribution in [-0.2, 0) is 11.3 Å². The van der Waals surface area contributed by atoms with Crippen molar-refractivity contribution in [2.45, 2.75) is 45.6 Å². The highest BCUT2D eigenvalue weighted by molar-refractivity contribution is 5.96. The number of nitrogens with one attached hydrogen (secondary N) is 1. The number of likely N-dealkylation sites (N-methyl/N-ethyl adjacent to an activating group) is 1. The van der Waals surface area contributed by atoms with Gasteiger partial charge in [-0.3, -0.25) is 9.78 Å². The molecule has 1 N–H and O–H groups in total. The molecule has 3 aromatic rings. The van der Waals surface area contributed by atoms with Crippen LogP contribution < -0.4 is 10.2 Å². The summed E-state index contributed by atoms with van der Waals surface area (Å²) >= 11 is 0. The Hall–Kier alpha value is -2.73. The number of nitrogens with zero attached hydrogens (tertiary/aromatic N) is 4. The van der Waals surface area contributed by atoms with Crippen LogP contribution >= 0.6 is 0 Å². The van der Waals surface area contributed by atoms with Gasteiger partial charge in [0.15, 0.2) is 0 Å². The second-order valence-electron chi connectivity index (χ2n) is 8.09. The lowest BCUT2D eigenvalue weighted by Crippen LogP contribution is -2.33. The highest BCUT2D eigenvalue weighted by Gasteiger charge is 2.25. The van der Waals surface area contributed by atoms with E-state index in [1.807, 2.05) is 42.4 Å². The van der Waals surface area contributed by atoms with E-state index >= 15 is 0 Å². The van der Waals surface area contributed by atoms with Gasteiger partial charge in [0.2, 0.25) is 5.91 Å². The first-order valence-electron chi connectivity index (χ1n) is 11.1. The van der Waals surface area contributed by atoms with Crippen LogP contribution in [0.2, 0.25) is 0 Å². The van der Waals surface area contributed by atoms with Crippen molar-refractivity contribution in [3.8, 4) is 11.4 Å². The van der Waals surface area contributed by atoms with Crippen LogP contribution in [0.25, 0.3) is 22.4 Å². The second kappa shape index (κ2) is 9.39. The quantitative estimate of drug-likeness (QED) is 0.597. The summed E-state index contributed by atoms with van der Waals surface area (Å²) in [6.45, 7) is 4.74. The molecule has 0 spiro atoms. The fourth-order valence-electron chi connectivity index (χ4n) is 4.39. The fraction of sp³-hybridized carbons (Fsp3) is 0.458. The van der Waals surface area contributed by atoms with Gasteiger partial charge in [0.1, 0.15) is 5.82 Å². The minimum Gasteiger partial charge on any atom is -0.323 e. The molecule has 0 aliphatic heterocycles. The Kier molecular flexibility index (Phi) is 6.43. The van der Waals surface area contributed by atoms with Gasteiger partial charge < -0.3 is 14.8 Å². The van der Waals surface area contributed by atoms with Gasteiger partial charge in [0.25, 0.3) is 0 Å². The summed E-state index contributed by atoms with van der Waals surface area (Å²) in [5, 5.41) is 3.39. The van der Waals surface area contributed by atoms with Crippen molar-refractivity contribution in [1.29, 1.82) is 0 Å². The van der Waals surface area contributed by atoms with Crippen molar-refractivity contribution >= 4 is 22.6 Å². The molecule has 6 nitrogen and oxygen atoms in total. The lowest BCUT2D eigenvalue weighted by atomic mass is 9.88. The molecule has 0 atom stereocenters. The Morgan fingerprint density at radius 1 is 1.23 bits per heavy atom. The SMILES string of the molecule is CCNCCn1c(-c2cccnc2)nc2cc(N(C)C(=O)C3CCCCC3)ccc21. The summed E-state index contributed by atoms with van der Waals surface area (Å²) < 4.78 is 2.24. The molecule has 6 heteroatoms. The number of anilines is 1. The van der Waals surface area contributed by atoms with Crippen LogP contribution in [0.1, 0.15) is 39.0 Å². The summed E-state index contributed by atoms with van der Waals surface area (Å²) in [5.74, 6) is 1.30. The summed E-state index contributed by atoms with van der Waals surface area (Å²) in [7, 11) is 1.89. The molecule has 1 fully saturated rings. The van der Waals surface area contributed by atoms with Crippen molar-refractivity contribution in [2.24, 2.45) is 5.92 Å². The van der Waals surface area contributed by atoms with E-state index in [0.717, 1.165) is 73.4 Å². The van der Waals surface area contributed by atoms with E-state index in [4.69, 9.17) is 4.98 Å². The van der Waals surface area contributed by atoms with Crippen molar-refractivity contribution in [3.63, 3.8) is 0 Å². The maximum Gasteiger partial charge on any atom is 0.229 e. The number of carbonyl (C=O) groups is 1. The zero-order valence-corrected chi connectivity index (χ0v) is 18.0. The van der Waals surface area contributed by atoms with Crippen LogP contribution in [0.4, 0.5) is 5.69 Å². The molecule has 1 saturated carbocycles. The zero-order chi connectivity index (χ0) is 20.9. The summed E-state index contributed by atoms with van der Waals surface area (Å²) in [4.78, 5) is 24.0. The molecule has 0 unspecified atom stereocenters. The van der Waals surface area contributed by atoms with Gasteiger partial charge in [-0.1, -0.05) is 26.2 Å². The smallest absolute Gasteiger partial charge is 0.229 e. The minimum atomic E-state index is 0.156. The van der Waals surface area contributed by atoms with E-state index in [0.29, 0.717) is 0 Å². The maximum atomic E-state index is 13.0. The van der Waals surface area contributed by atoms with Crippen LogP contribution in [0.5, 0.6) is 0 Å². The third-order valence-corrected chi connectivity index (χ3v) is 6.09. The second-order valence-corrected chi connectivity index (χ2v) is 8.09. The molecule has 0 saturated heterocycles. The van der Waals surface area contributed by atoms with Crippen LogP contribution in [0.15, 0.2) is 42.7 Å². The van der Waals surface area contributed by atoms with Gasteiger partial charge in [-0.15, -0.1) is 0 Å². The van der Waals surface area contributed by atoms with Crippen molar-refractivity contribution in [2.75, 3.05) is 25.0 Å². The third kappa shape index (κ3) is 4.24. The largest absolute Gasteiger partial charge is 0.323 e. The monoisotopic (exact) mass is 405 g/mol. The van der Waals surface area contributed by atoms with E-state index in [1.165, 1.54) is 6.42 Å². The Bertz CT molecular complexity index is 992. The molecule has 0 bridgehead atoms. The third-order valence-electron chi connectivity index (χ3n) is 6.09. The predicted octanol–water partition coefficient (Wildman–Crippen LogP) is 4.25. The number of amides is 1. The summed E-state index contributed by atoms with van der Waals surface area (Å²) in [6.07, 6.45) is 9.22. The number of hydrogen-bond acceptors (Lipinski definition) is 4. The molecule has 1 amide bonds. The minimum absolute atomic E-state index is 0.156. The van der Waals surface area contributed by atoms with Crippen LogP contribution in [0.3, 0.4) is 0 Å². The lowest BCUT2D eigenvalue weighted by Gasteiger charge is -2.26. The van der Waals surface area contributed by atoms with Gasteiger partial charge in [-0.25, -0.2) is 4.98 Å². The first-order valence-corrected chi connectivity index (χ1v) is 11.1. The number of pyridine rings is 1. The first kappa shape index (κ1) is 20.5. The number of carbonyl (C=O) groups excluding carboxylic acids is 1. The number of benzene rings is 1. The molecule has 30 heavy (non-hydrogen) atoms. The Morgan fingerprint density at radius 3 is 2.80 bits per heavy atom. The van der Waals surface area contributed by atoms with Gasteiger partial charge in [-0.2, -0.15) is 0 Å². The van der Waals surface area contributed by atoms with E-state index in [2.05, 4.69) is 27.9 Å². The van der Waals surface area contributed by atoms with E-state index < -0.39 is 0 Å². The highest BCUT2D eigenvalue weighted by atomic mass is 16.2. The molecule has 4 rings (SSSR count). The average molecular weight is 406 g/mol. The van der Waals surface area contributed by atoms with Gasteiger partial charge >= 0.3 is 0 Å². The number of aromatic nitrogens is 3. The van der Waals surface area contributed by atoms with Crippen LogP contribution in [0, 0.1) is 5.92 Å². The highest BCUT2D eigenvalue weighted by Crippen LogP contribution is 2.30. The Labute approximate surface area is 178 Å². The number of hydrogen-bond donors (Lipinski definition) is 1. The van der Waals surface area contributed by atoms with E-state index in [-0.39, 0.29) is 11.8 Å². The van der Waals surface area contributed by atoms with Gasteiger partial charge in [-0.05, 0) is 49.7 Å². The normalized spacial score (nSPS) is 14.9. The molecule has 2 aromatic heterocycles. The first-order chi connectivity index (χ1) is 14.7. The van der Waals surface area contributed by atoms with E-state index in [9.17, 15) is 4.79 Å². The number of fused-ring (bicyclic) bond motifs is 1. The Balaban J connectivity index is 1.67. The molecular weight excluding hydrogens is 374 g/mol. The maximum absolute atomic E-state index is 13.0.